The van der Waals surface area contributed by atoms with Gasteiger partial charge in [-0.15, -0.1) is 22.7 Å². The van der Waals surface area contributed by atoms with Crippen LogP contribution in [0.2, 0.25) is 0 Å². The molecular formula is C23H19N3O3S2. The van der Waals surface area contributed by atoms with E-state index in [0.29, 0.717) is 18.3 Å². The first-order valence-corrected chi connectivity index (χ1v) is 11.6. The van der Waals surface area contributed by atoms with Gasteiger partial charge in [0, 0.05) is 21.9 Å². The highest BCUT2D eigenvalue weighted by atomic mass is 32.1. The quantitative estimate of drug-likeness (QED) is 0.454. The summed E-state index contributed by atoms with van der Waals surface area (Å²) in [7, 11) is 0. The molecule has 1 amide bonds. The third kappa shape index (κ3) is 4.45. The van der Waals surface area contributed by atoms with Crippen molar-refractivity contribution in [2.45, 2.75) is 13.3 Å². The molecule has 0 unspecified atom stereocenters. The van der Waals surface area contributed by atoms with Gasteiger partial charge in [0.1, 0.15) is 18.2 Å². The molecule has 0 radical (unpaired) electrons. The molecule has 31 heavy (non-hydrogen) atoms. The number of carbonyl (C=O) groups is 1. The van der Waals surface area contributed by atoms with Crippen molar-refractivity contribution in [3.63, 3.8) is 0 Å². The molecule has 0 saturated heterocycles. The average molecular weight is 450 g/mol. The van der Waals surface area contributed by atoms with Crippen molar-refractivity contribution in [2.24, 2.45) is 0 Å². The lowest BCUT2D eigenvalue weighted by molar-refractivity contribution is -0.115. The lowest BCUT2D eigenvalue weighted by Crippen LogP contribution is -2.15. The molecule has 1 aliphatic heterocycles. The fourth-order valence-electron chi connectivity index (χ4n) is 3.29. The predicted octanol–water partition coefficient (Wildman–Crippen LogP) is 5.19. The number of thiazole rings is 2. The van der Waals surface area contributed by atoms with Crippen LogP contribution in [0.1, 0.15) is 11.3 Å². The van der Waals surface area contributed by atoms with Crippen LogP contribution < -0.4 is 14.8 Å². The van der Waals surface area contributed by atoms with Gasteiger partial charge in [-0.25, -0.2) is 9.97 Å². The van der Waals surface area contributed by atoms with Gasteiger partial charge >= 0.3 is 0 Å². The van der Waals surface area contributed by atoms with Crippen LogP contribution in [0.15, 0.2) is 53.2 Å². The highest BCUT2D eigenvalue weighted by molar-refractivity contribution is 7.14. The first kappa shape index (κ1) is 19.7. The molecule has 156 valence electrons. The summed E-state index contributed by atoms with van der Waals surface area (Å²) >= 11 is 2.94. The predicted molar refractivity (Wildman–Crippen MR) is 123 cm³/mol. The van der Waals surface area contributed by atoms with Crippen molar-refractivity contribution in [3.05, 3.63) is 64.5 Å². The van der Waals surface area contributed by atoms with Gasteiger partial charge in [-0.05, 0) is 31.2 Å². The molecule has 0 aliphatic carbocycles. The largest absolute Gasteiger partial charge is 0.486 e. The van der Waals surface area contributed by atoms with Crippen molar-refractivity contribution in [3.8, 4) is 33.3 Å². The van der Waals surface area contributed by atoms with Gasteiger partial charge in [0.05, 0.1) is 17.8 Å². The van der Waals surface area contributed by atoms with Crippen LogP contribution in [0.25, 0.3) is 21.8 Å². The third-order valence-corrected chi connectivity index (χ3v) is 6.44. The molecule has 0 atom stereocenters. The van der Waals surface area contributed by atoms with E-state index in [4.69, 9.17) is 9.47 Å². The molecule has 0 bridgehead atoms. The normalized spacial score (nSPS) is 12.5. The van der Waals surface area contributed by atoms with Crippen LogP contribution in [-0.2, 0) is 11.2 Å². The van der Waals surface area contributed by atoms with E-state index in [9.17, 15) is 4.79 Å². The van der Waals surface area contributed by atoms with E-state index in [-0.39, 0.29) is 12.3 Å². The van der Waals surface area contributed by atoms with E-state index in [0.717, 1.165) is 39.0 Å². The lowest BCUT2D eigenvalue weighted by atomic mass is 10.1. The topological polar surface area (TPSA) is 73.3 Å². The van der Waals surface area contributed by atoms with Crippen LogP contribution in [0.5, 0.6) is 11.5 Å². The number of carbonyl (C=O) groups excluding carboxylic acids is 1. The maximum Gasteiger partial charge on any atom is 0.232 e. The molecular weight excluding hydrogens is 430 g/mol. The number of hydrogen-bond donors (Lipinski definition) is 1. The molecule has 8 heteroatoms. The summed E-state index contributed by atoms with van der Waals surface area (Å²) in [6.07, 6.45) is 0.210. The van der Waals surface area contributed by atoms with Gasteiger partial charge in [-0.3, -0.25) is 4.79 Å². The smallest absolute Gasteiger partial charge is 0.232 e. The fourth-order valence-corrected chi connectivity index (χ4v) is 4.85. The molecule has 6 nitrogen and oxygen atoms in total. The summed E-state index contributed by atoms with van der Waals surface area (Å²) in [5.41, 5.74) is 4.71. The van der Waals surface area contributed by atoms with Gasteiger partial charge in [0.25, 0.3) is 0 Å². The molecule has 0 saturated carbocycles. The van der Waals surface area contributed by atoms with E-state index < -0.39 is 0 Å². The Morgan fingerprint density at radius 2 is 1.87 bits per heavy atom. The summed E-state index contributed by atoms with van der Waals surface area (Å²) in [6.45, 7) is 3.15. The van der Waals surface area contributed by atoms with E-state index in [2.05, 4.69) is 34.3 Å². The number of rotatable bonds is 5. The summed E-state index contributed by atoms with van der Waals surface area (Å²) in [5.74, 6) is 1.33. The Bertz CT molecular complexity index is 1250. The third-order valence-electron chi connectivity index (χ3n) is 4.75. The number of nitrogens with zero attached hydrogens (tertiary/aromatic N) is 2. The molecule has 4 aromatic rings. The standard InChI is InChI=1S/C23H19N3O3S2/c1-14-3-2-4-16(9-14)22-24-17(12-30-22)11-21(27)26-23-25-18(13-31-23)15-5-6-19-20(10-15)29-8-7-28-19/h2-6,9-10,12-13H,7-8,11H2,1H3,(H,25,26,27). The Kier molecular flexibility index (Phi) is 5.40. The van der Waals surface area contributed by atoms with E-state index in [1.807, 2.05) is 41.1 Å². The maximum absolute atomic E-state index is 12.5. The highest BCUT2D eigenvalue weighted by Crippen LogP contribution is 2.35. The number of fused-ring (bicyclic) bond motifs is 1. The summed E-state index contributed by atoms with van der Waals surface area (Å²) in [4.78, 5) is 21.7. The number of ether oxygens (including phenoxy) is 2. The van der Waals surface area contributed by atoms with Gasteiger partial charge in [-0.1, -0.05) is 23.8 Å². The summed E-state index contributed by atoms with van der Waals surface area (Å²) < 4.78 is 11.2. The van der Waals surface area contributed by atoms with Crippen molar-refractivity contribution >= 4 is 33.7 Å². The average Bonchev–Trinajstić information content (AvgIpc) is 3.43. The minimum atomic E-state index is -0.135. The lowest BCUT2D eigenvalue weighted by Gasteiger charge is -2.18. The van der Waals surface area contributed by atoms with Crippen LogP contribution in [0.4, 0.5) is 5.13 Å². The Hall–Kier alpha value is -3.23. The minimum absolute atomic E-state index is 0.135. The molecule has 1 N–H and O–H groups in total. The van der Waals surface area contributed by atoms with Gasteiger partial charge in [-0.2, -0.15) is 0 Å². The highest BCUT2D eigenvalue weighted by Gasteiger charge is 2.15. The first-order chi connectivity index (χ1) is 15.1. The van der Waals surface area contributed by atoms with Crippen molar-refractivity contribution in [1.82, 2.24) is 9.97 Å². The second-order valence-corrected chi connectivity index (χ2v) is 8.85. The van der Waals surface area contributed by atoms with Crippen LogP contribution in [0, 0.1) is 6.92 Å². The number of anilines is 1. The second kappa shape index (κ2) is 8.49. The zero-order chi connectivity index (χ0) is 21.2. The van der Waals surface area contributed by atoms with Crippen LogP contribution in [0.3, 0.4) is 0 Å². The molecule has 0 spiro atoms. The van der Waals surface area contributed by atoms with Crippen LogP contribution in [-0.4, -0.2) is 29.1 Å². The molecule has 1 aliphatic rings. The first-order valence-electron chi connectivity index (χ1n) is 9.81. The van der Waals surface area contributed by atoms with E-state index in [1.165, 1.54) is 16.9 Å². The molecule has 2 aromatic heterocycles. The number of benzene rings is 2. The number of nitrogens with one attached hydrogen (secondary N) is 1. The Balaban J connectivity index is 1.24. The zero-order valence-electron chi connectivity index (χ0n) is 16.8. The van der Waals surface area contributed by atoms with Crippen molar-refractivity contribution in [1.29, 1.82) is 0 Å². The Morgan fingerprint density at radius 3 is 2.74 bits per heavy atom. The molecule has 5 rings (SSSR count). The Labute approximate surface area is 187 Å². The second-order valence-electron chi connectivity index (χ2n) is 7.13. The summed E-state index contributed by atoms with van der Waals surface area (Å²) in [5, 5.41) is 8.20. The monoisotopic (exact) mass is 449 g/mol. The molecule has 2 aromatic carbocycles. The number of aryl methyl sites for hydroxylation is 1. The van der Waals surface area contributed by atoms with Gasteiger partial charge in [0.2, 0.25) is 5.91 Å². The number of hydrogen-bond acceptors (Lipinski definition) is 7. The van der Waals surface area contributed by atoms with E-state index >= 15 is 0 Å². The fraction of sp³-hybridized carbons (Fsp3) is 0.174. The van der Waals surface area contributed by atoms with Gasteiger partial charge in [0.15, 0.2) is 16.6 Å². The number of aromatic nitrogens is 2. The SMILES string of the molecule is Cc1cccc(-c2nc(CC(=O)Nc3nc(-c4ccc5c(c4)OCCO5)cs3)cs2)c1. The van der Waals surface area contributed by atoms with Gasteiger partial charge < -0.3 is 14.8 Å². The maximum atomic E-state index is 12.5. The molecule has 3 heterocycles. The number of amides is 1. The zero-order valence-corrected chi connectivity index (χ0v) is 18.4. The molecule has 0 fully saturated rings. The van der Waals surface area contributed by atoms with Crippen LogP contribution >= 0.6 is 22.7 Å². The minimum Gasteiger partial charge on any atom is -0.486 e. The van der Waals surface area contributed by atoms with Crippen molar-refractivity contribution in [2.75, 3.05) is 18.5 Å². The Morgan fingerprint density at radius 1 is 1.00 bits per heavy atom. The van der Waals surface area contributed by atoms with Crippen molar-refractivity contribution < 1.29 is 14.3 Å². The van der Waals surface area contributed by atoms with E-state index in [1.54, 1.807) is 11.3 Å². The summed E-state index contributed by atoms with van der Waals surface area (Å²) in [6, 6.07) is 13.9.